The standard InChI is InChI=1S/C11H12BrClO2/c1-8(14)10-7-9(12)3-4-11(10)15-6-2-5-13/h2-5,7-8,14H,6H2,1H3/t8-/m0/s1. The van der Waals surface area contributed by atoms with Gasteiger partial charge in [0.25, 0.3) is 0 Å². The molecule has 0 amide bonds. The predicted molar refractivity (Wildman–Crippen MR) is 65.3 cm³/mol. The van der Waals surface area contributed by atoms with Crippen LogP contribution in [0.5, 0.6) is 5.75 Å². The molecule has 0 spiro atoms. The summed E-state index contributed by atoms with van der Waals surface area (Å²) in [4.78, 5) is 0. The van der Waals surface area contributed by atoms with E-state index in [0.717, 1.165) is 10.0 Å². The van der Waals surface area contributed by atoms with Crippen molar-refractivity contribution >= 4 is 27.5 Å². The Morgan fingerprint density at radius 1 is 1.60 bits per heavy atom. The van der Waals surface area contributed by atoms with E-state index in [4.69, 9.17) is 16.3 Å². The number of halogens is 2. The lowest BCUT2D eigenvalue weighted by molar-refractivity contribution is 0.193. The molecule has 0 saturated heterocycles. The van der Waals surface area contributed by atoms with Crippen LogP contribution in [0.2, 0.25) is 0 Å². The Balaban J connectivity index is 2.85. The summed E-state index contributed by atoms with van der Waals surface area (Å²) in [6.45, 7) is 2.09. The van der Waals surface area contributed by atoms with Gasteiger partial charge in [-0.25, -0.2) is 0 Å². The molecule has 0 saturated carbocycles. The van der Waals surface area contributed by atoms with Crippen LogP contribution in [0.1, 0.15) is 18.6 Å². The Labute approximate surface area is 103 Å². The van der Waals surface area contributed by atoms with Crippen LogP contribution in [0, 0.1) is 0 Å². The Bertz CT molecular complexity index is 350. The maximum atomic E-state index is 9.54. The van der Waals surface area contributed by atoms with Crippen molar-refractivity contribution < 1.29 is 9.84 Å². The minimum Gasteiger partial charge on any atom is -0.489 e. The second-order valence-corrected chi connectivity index (χ2v) is 4.20. The topological polar surface area (TPSA) is 29.5 Å². The lowest BCUT2D eigenvalue weighted by Crippen LogP contribution is -2.00. The van der Waals surface area contributed by atoms with Gasteiger partial charge in [-0.3, -0.25) is 0 Å². The van der Waals surface area contributed by atoms with Crippen molar-refractivity contribution in [3.63, 3.8) is 0 Å². The molecule has 0 aliphatic rings. The third-order valence-corrected chi connectivity index (χ3v) is 2.52. The molecule has 2 nitrogen and oxygen atoms in total. The number of aliphatic hydroxyl groups is 1. The molecule has 82 valence electrons. The first-order valence-corrected chi connectivity index (χ1v) is 5.73. The zero-order valence-corrected chi connectivity index (χ0v) is 10.6. The molecule has 1 rings (SSSR count). The summed E-state index contributed by atoms with van der Waals surface area (Å²) >= 11 is 8.72. The Hall–Kier alpha value is -0.510. The van der Waals surface area contributed by atoms with Crippen molar-refractivity contribution in [1.82, 2.24) is 0 Å². The number of hydrogen-bond acceptors (Lipinski definition) is 2. The smallest absolute Gasteiger partial charge is 0.125 e. The van der Waals surface area contributed by atoms with Crippen molar-refractivity contribution in [3.05, 3.63) is 39.8 Å². The van der Waals surface area contributed by atoms with E-state index in [1.54, 1.807) is 13.0 Å². The Morgan fingerprint density at radius 3 is 2.93 bits per heavy atom. The molecule has 1 N–H and O–H groups in total. The van der Waals surface area contributed by atoms with Crippen LogP contribution in [-0.2, 0) is 0 Å². The third kappa shape index (κ3) is 3.86. The fourth-order valence-electron chi connectivity index (χ4n) is 1.15. The van der Waals surface area contributed by atoms with Crippen molar-refractivity contribution in [1.29, 1.82) is 0 Å². The van der Waals surface area contributed by atoms with Crippen molar-refractivity contribution in [3.8, 4) is 5.75 Å². The first-order chi connectivity index (χ1) is 7.15. The zero-order valence-electron chi connectivity index (χ0n) is 8.28. The molecular weight excluding hydrogens is 279 g/mol. The molecule has 0 aromatic heterocycles. The molecule has 1 aromatic carbocycles. The summed E-state index contributed by atoms with van der Waals surface area (Å²) in [5.74, 6) is 0.669. The van der Waals surface area contributed by atoms with E-state index in [0.29, 0.717) is 12.4 Å². The second kappa shape index (κ2) is 6.16. The second-order valence-electron chi connectivity index (χ2n) is 3.03. The molecule has 0 unspecified atom stereocenters. The first kappa shape index (κ1) is 12.6. The van der Waals surface area contributed by atoms with Crippen LogP contribution in [0.3, 0.4) is 0 Å². The van der Waals surface area contributed by atoms with Gasteiger partial charge in [0.05, 0.1) is 6.10 Å². The van der Waals surface area contributed by atoms with Gasteiger partial charge in [-0.2, -0.15) is 0 Å². The number of ether oxygens (including phenoxy) is 1. The average molecular weight is 292 g/mol. The van der Waals surface area contributed by atoms with E-state index >= 15 is 0 Å². The zero-order chi connectivity index (χ0) is 11.3. The minimum atomic E-state index is -0.558. The Morgan fingerprint density at radius 2 is 2.33 bits per heavy atom. The molecule has 4 heteroatoms. The first-order valence-electron chi connectivity index (χ1n) is 4.50. The van der Waals surface area contributed by atoms with Gasteiger partial charge in [0, 0.05) is 15.6 Å². The van der Waals surface area contributed by atoms with E-state index in [-0.39, 0.29) is 0 Å². The van der Waals surface area contributed by atoms with E-state index < -0.39 is 6.10 Å². The normalized spacial score (nSPS) is 13.1. The van der Waals surface area contributed by atoms with Crippen LogP contribution in [0.25, 0.3) is 0 Å². The average Bonchev–Trinajstić information content (AvgIpc) is 2.20. The highest BCUT2D eigenvalue weighted by atomic mass is 79.9. The lowest BCUT2D eigenvalue weighted by atomic mass is 10.1. The monoisotopic (exact) mass is 290 g/mol. The van der Waals surface area contributed by atoms with Crippen molar-refractivity contribution in [2.24, 2.45) is 0 Å². The number of aliphatic hydroxyl groups excluding tert-OH is 1. The summed E-state index contributed by atoms with van der Waals surface area (Å²) < 4.78 is 6.36. The van der Waals surface area contributed by atoms with Gasteiger partial charge in [-0.15, -0.1) is 0 Å². The molecule has 1 aromatic rings. The summed E-state index contributed by atoms with van der Waals surface area (Å²) in [6, 6.07) is 5.52. The molecule has 1 atom stereocenters. The van der Waals surface area contributed by atoms with Crippen LogP contribution < -0.4 is 4.74 Å². The van der Waals surface area contributed by atoms with E-state index in [1.807, 2.05) is 18.2 Å². The number of hydrogen-bond donors (Lipinski definition) is 1. The summed E-state index contributed by atoms with van der Waals surface area (Å²) in [6.07, 6.45) is 1.13. The number of rotatable bonds is 4. The van der Waals surface area contributed by atoms with Crippen molar-refractivity contribution in [2.45, 2.75) is 13.0 Å². The predicted octanol–water partition coefficient (Wildman–Crippen LogP) is 3.63. The minimum absolute atomic E-state index is 0.394. The van der Waals surface area contributed by atoms with Gasteiger partial charge < -0.3 is 9.84 Å². The summed E-state index contributed by atoms with van der Waals surface area (Å²) in [5.41, 5.74) is 2.16. The van der Waals surface area contributed by atoms with Gasteiger partial charge in [0.1, 0.15) is 12.4 Å². The fourth-order valence-corrected chi connectivity index (χ4v) is 1.60. The summed E-state index contributed by atoms with van der Waals surface area (Å²) in [5, 5.41) is 9.54. The van der Waals surface area contributed by atoms with Gasteiger partial charge >= 0.3 is 0 Å². The maximum absolute atomic E-state index is 9.54. The highest BCUT2D eigenvalue weighted by molar-refractivity contribution is 9.10. The molecule has 0 radical (unpaired) electrons. The largest absolute Gasteiger partial charge is 0.489 e. The van der Waals surface area contributed by atoms with Gasteiger partial charge in [-0.1, -0.05) is 27.5 Å². The van der Waals surface area contributed by atoms with Gasteiger partial charge in [0.15, 0.2) is 0 Å². The lowest BCUT2D eigenvalue weighted by Gasteiger charge is -2.12. The molecule has 0 bridgehead atoms. The summed E-state index contributed by atoms with van der Waals surface area (Å²) in [7, 11) is 0. The van der Waals surface area contributed by atoms with E-state index in [1.165, 1.54) is 5.54 Å². The molecule has 0 aliphatic carbocycles. The van der Waals surface area contributed by atoms with Gasteiger partial charge in [0.2, 0.25) is 0 Å². The Kier molecular flexibility index (Phi) is 5.15. The molecule has 15 heavy (non-hydrogen) atoms. The van der Waals surface area contributed by atoms with E-state index in [9.17, 15) is 5.11 Å². The third-order valence-electron chi connectivity index (χ3n) is 1.85. The molecule has 0 fully saturated rings. The molecular formula is C11H12BrClO2. The van der Waals surface area contributed by atoms with Gasteiger partial charge in [-0.05, 0) is 31.2 Å². The van der Waals surface area contributed by atoms with Crippen LogP contribution in [0.4, 0.5) is 0 Å². The quantitative estimate of drug-likeness (QED) is 0.918. The molecule has 0 heterocycles. The number of benzene rings is 1. The maximum Gasteiger partial charge on any atom is 0.125 e. The highest BCUT2D eigenvalue weighted by Gasteiger charge is 2.09. The van der Waals surface area contributed by atoms with Crippen LogP contribution in [0.15, 0.2) is 34.3 Å². The fraction of sp³-hybridized carbons (Fsp3) is 0.273. The van der Waals surface area contributed by atoms with E-state index in [2.05, 4.69) is 15.9 Å². The van der Waals surface area contributed by atoms with Crippen LogP contribution >= 0.6 is 27.5 Å². The van der Waals surface area contributed by atoms with Crippen molar-refractivity contribution in [2.75, 3.05) is 6.61 Å². The SMILES string of the molecule is C[C@H](O)c1cc(Br)ccc1OCC=CCl. The highest BCUT2D eigenvalue weighted by Crippen LogP contribution is 2.28. The van der Waals surface area contributed by atoms with Crippen LogP contribution in [-0.4, -0.2) is 11.7 Å². The molecule has 0 aliphatic heterocycles.